The summed E-state index contributed by atoms with van der Waals surface area (Å²) >= 11 is 1.35. The van der Waals surface area contributed by atoms with E-state index in [1.165, 1.54) is 17.8 Å². The molecular weight excluding hydrogens is 263 g/mol. The molecule has 0 aliphatic heterocycles. The van der Waals surface area contributed by atoms with Crippen molar-refractivity contribution < 1.29 is 8.81 Å². The molecule has 19 heavy (non-hydrogen) atoms. The lowest BCUT2D eigenvalue weighted by Crippen LogP contribution is -2.14. The number of nitrogens with zero attached hydrogens (tertiary/aromatic N) is 1. The SMILES string of the molecule is CNC(C)c1c(F)cccc1Sc1nc(C)c(C)o1. The molecule has 2 rings (SSSR count). The fourth-order valence-electron chi connectivity index (χ4n) is 1.75. The van der Waals surface area contributed by atoms with Crippen LogP contribution >= 0.6 is 11.8 Å². The van der Waals surface area contributed by atoms with Gasteiger partial charge >= 0.3 is 0 Å². The molecule has 1 N–H and O–H groups in total. The average molecular weight is 280 g/mol. The Morgan fingerprint density at radius 2 is 2.11 bits per heavy atom. The molecule has 1 aromatic heterocycles. The molecule has 102 valence electrons. The zero-order valence-electron chi connectivity index (χ0n) is 11.5. The highest BCUT2D eigenvalue weighted by Crippen LogP contribution is 2.34. The van der Waals surface area contributed by atoms with Crippen LogP contribution in [0.1, 0.15) is 30.0 Å². The largest absolute Gasteiger partial charge is 0.436 e. The van der Waals surface area contributed by atoms with E-state index in [4.69, 9.17) is 4.42 Å². The molecule has 0 spiro atoms. The molecule has 1 unspecified atom stereocenters. The van der Waals surface area contributed by atoms with E-state index in [0.717, 1.165) is 16.3 Å². The Hall–Kier alpha value is -1.33. The van der Waals surface area contributed by atoms with Crippen LogP contribution in [0.15, 0.2) is 32.7 Å². The van der Waals surface area contributed by atoms with E-state index in [1.54, 1.807) is 6.07 Å². The van der Waals surface area contributed by atoms with Crippen LogP contribution in [0.3, 0.4) is 0 Å². The normalized spacial score (nSPS) is 12.7. The van der Waals surface area contributed by atoms with Crippen molar-refractivity contribution in [2.75, 3.05) is 7.05 Å². The third kappa shape index (κ3) is 2.98. The van der Waals surface area contributed by atoms with E-state index >= 15 is 0 Å². The van der Waals surface area contributed by atoms with Crippen LogP contribution in [0.25, 0.3) is 0 Å². The third-order valence-electron chi connectivity index (χ3n) is 3.09. The highest BCUT2D eigenvalue weighted by molar-refractivity contribution is 7.99. The van der Waals surface area contributed by atoms with Gasteiger partial charge in [-0.05, 0) is 51.7 Å². The molecule has 0 radical (unpaired) electrons. The Bertz CT molecular complexity index is 563. The Morgan fingerprint density at radius 1 is 1.37 bits per heavy atom. The monoisotopic (exact) mass is 280 g/mol. The second-order valence-electron chi connectivity index (χ2n) is 4.39. The Balaban J connectivity index is 2.37. The molecule has 0 saturated heterocycles. The number of benzene rings is 1. The Morgan fingerprint density at radius 3 is 2.68 bits per heavy atom. The molecule has 0 fully saturated rings. The number of hydrogen-bond donors (Lipinski definition) is 1. The Kier molecular flexibility index (Phi) is 4.27. The van der Waals surface area contributed by atoms with Crippen molar-refractivity contribution in [2.24, 2.45) is 0 Å². The summed E-state index contributed by atoms with van der Waals surface area (Å²) in [5.41, 5.74) is 1.51. The van der Waals surface area contributed by atoms with Crippen molar-refractivity contribution in [3.8, 4) is 0 Å². The summed E-state index contributed by atoms with van der Waals surface area (Å²) in [4.78, 5) is 5.14. The molecule has 3 nitrogen and oxygen atoms in total. The van der Waals surface area contributed by atoms with Crippen molar-refractivity contribution in [1.29, 1.82) is 0 Å². The lowest BCUT2D eigenvalue weighted by molar-refractivity contribution is 0.431. The van der Waals surface area contributed by atoms with E-state index in [1.807, 2.05) is 33.9 Å². The fourth-order valence-corrected chi connectivity index (χ4v) is 2.82. The van der Waals surface area contributed by atoms with Gasteiger partial charge in [-0.1, -0.05) is 6.07 Å². The predicted molar refractivity (Wildman–Crippen MR) is 74.0 cm³/mol. The maximum absolute atomic E-state index is 14.0. The van der Waals surface area contributed by atoms with E-state index in [0.29, 0.717) is 10.8 Å². The highest BCUT2D eigenvalue weighted by atomic mass is 32.2. The number of oxazole rings is 1. The minimum atomic E-state index is -0.216. The zero-order valence-corrected chi connectivity index (χ0v) is 12.3. The first-order valence-corrected chi connectivity index (χ1v) is 6.92. The van der Waals surface area contributed by atoms with E-state index < -0.39 is 0 Å². The van der Waals surface area contributed by atoms with Crippen LogP contribution in [0.4, 0.5) is 4.39 Å². The minimum absolute atomic E-state index is 0.0687. The molecule has 0 aliphatic rings. The summed E-state index contributed by atoms with van der Waals surface area (Å²) in [6.45, 7) is 5.69. The lowest BCUT2D eigenvalue weighted by Gasteiger charge is -2.15. The standard InChI is InChI=1S/C14H17FN2OS/c1-8-10(3)18-14(17-8)19-12-7-5-6-11(15)13(12)9(2)16-4/h5-7,9,16H,1-4H3. The minimum Gasteiger partial charge on any atom is -0.436 e. The number of halogens is 1. The summed E-state index contributed by atoms with van der Waals surface area (Å²) in [5.74, 6) is 0.578. The van der Waals surface area contributed by atoms with Crippen LogP contribution in [-0.2, 0) is 0 Å². The van der Waals surface area contributed by atoms with Gasteiger partial charge in [0.05, 0.1) is 5.69 Å². The van der Waals surface area contributed by atoms with Gasteiger partial charge in [-0.15, -0.1) is 0 Å². The number of rotatable bonds is 4. The average Bonchev–Trinajstić information content (AvgIpc) is 2.67. The predicted octanol–water partition coefficient (Wildman–Crippen LogP) is 3.86. The molecule has 0 aliphatic carbocycles. The summed E-state index contributed by atoms with van der Waals surface area (Å²) < 4.78 is 19.5. The molecular formula is C14H17FN2OS. The maximum atomic E-state index is 14.0. The lowest BCUT2D eigenvalue weighted by atomic mass is 10.1. The molecule has 0 amide bonds. The van der Waals surface area contributed by atoms with Crippen molar-refractivity contribution in [3.63, 3.8) is 0 Å². The van der Waals surface area contributed by atoms with Crippen molar-refractivity contribution in [1.82, 2.24) is 10.3 Å². The highest BCUT2D eigenvalue weighted by Gasteiger charge is 2.17. The van der Waals surface area contributed by atoms with Crippen molar-refractivity contribution in [3.05, 3.63) is 41.0 Å². The van der Waals surface area contributed by atoms with Crippen LogP contribution in [0.5, 0.6) is 0 Å². The van der Waals surface area contributed by atoms with Crippen LogP contribution < -0.4 is 5.32 Å². The zero-order chi connectivity index (χ0) is 14.0. The van der Waals surface area contributed by atoms with Gasteiger partial charge in [0.25, 0.3) is 5.22 Å². The first-order valence-electron chi connectivity index (χ1n) is 6.10. The van der Waals surface area contributed by atoms with Crippen LogP contribution in [0, 0.1) is 19.7 Å². The molecule has 5 heteroatoms. The number of hydrogen-bond acceptors (Lipinski definition) is 4. The van der Waals surface area contributed by atoms with Gasteiger partial charge in [0.2, 0.25) is 0 Å². The van der Waals surface area contributed by atoms with Gasteiger partial charge in [-0.25, -0.2) is 9.37 Å². The molecule has 0 saturated carbocycles. The smallest absolute Gasteiger partial charge is 0.261 e. The van der Waals surface area contributed by atoms with Crippen molar-refractivity contribution in [2.45, 2.75) is 36.9 Å². The molecule has 1 aromatic carbocycles. The van der Waals surface area contributed by atoms with Gasteiger partial charge in [-0.2, -0.15) is 0 Å². The maximum Gasteiger partial charge on any atom is 0.261 e. The summed E-state index contributed by atoms with van der Waals surface area (Å²) in [6, 6.07) is 4.98. The first-order chi connectivity index (χ1) is 9.02. The van der Waals surface area contributed by atoms with Crippen LogP contribution in [0.2, 0.25) is 0 Å². The van der Waals surface area contributed by atoms with Gasteiger partial charge in [-0.3, -0.25) is 0 Å². The Labute approximate surface area is 116 Å². The topological polar surface area (TPSA) is 38.1 Å². The van der Waals surface area contributed by atoms with Gasteiger partial charge in [0.15, 0.2) is 0 Å². The first kappa shape index (κ1) is 14.1. The quantitative estimate of drug-likeness (QED) is 0.923. The molecule has 0 bridgehead atoms. The van der Waals surface area contributed by atoms with E-state index in [2.05, 4.69) is 10.3 Å². The second-order valence-corrected chi connectivity index (χ2v) is 5.38. The summed E-state index contributed by atoms with van der Waals surface area (Å²) in [7, 11) is 1.81. The molecule has 1 heterocycles. The summed E-state index contributed by atoms with van der Waals surface area (Å²) in [6.07, 6.45) is 0. The fraction of sp³-hybridized carbons (Fsp3) is 0.357. The summed E-state index contributed by atoms with van der Waals surface area (Å²) in [5, 5.41) is 3.61. The third-order valence-corrected chi connectivity index (χ3v) is 4.01. The number of nitrogens with one attached hydrogen (secondary N) is 1. The molecule has 2 aromatic rings. The van der Waals surface area contributed by atoms with Gasteiger partial charge in [0, 0.05) is 16.5 Å². The van der Waals surface area contributed by atoms with E-state index in [-0.39, 0.29) is 11.9 Å². The number of aryl methyl sites for hydroxylation is 2. The van der Waals surface area contributed by atoms with E-state index in [9.17, 15) is 4.39 Å². The number of aromatic nitrogens is 1. The van der Waals surface area contributed by atoms with Crippen molar-refractivity contribution >= 4 is 11.8 Å². The second kappa shape index (κ2) is 5.75. The molecule has 1 atom stereocenters. The van der Waals surface area contributed by atoms with Crippen LogP contribution in [-0.4, -0.2) is 12.0 Å². The van der Waals surface area contributed by atoms with Gasteiger partial charge in [0.1, 0.15) is 11.6 Å². The van der Waals surface area contributed by atoms with Gasteiger partial charge < -0.3 is 9.73 Å².